The second kappa shape index (κ2) is 10.6. The quantitative estimate of drug-likeness (QED) is 0.554. The van der Waals surface area contributed by atoms with E-state index in [4.69, 9.17) is 5.73 Å². The molecule has 1 saturated heterocycles. The minimum absolute atomic E-state index is 0.0172. The third-order valence-electron chi connectivity index (χ3n) is 6.30. The summed E-state index contributed by atoms with van der Waals surface area (Å²) in [6.45, 7) is 6.87. The van der Waals surface area contributed by atoms with E-state index in [0.29, 0.717) is 18.8 Å². The number of piperidine rings is 1. The van der Waals surface area contributed by atoms with Gasteiger partial charge in [0, 0.05) is 19.0 Å². The number of para-hydroxylation sites is 2. The smallest absolute Gasteiger partial charge is 0.224 e. The number of nitrogens with zero attached hydrogens (tertiary/aromatic N) is 2. The molecule has 3 rings (SSSR count). The Labute approximate surface area is 189 Å². The van der Waals surface area contributed by atoms with E-state index in [2.05, 4.69) is 15.3 Å². The first kappa shape index (κ1) is 23.8. The number of rotatable bonds is 9. The lowest BCUT2D eigenvalue weighted by molar-refractivity contribution is -0.142. The zero-order chi connectivity index (χ0) is 23.3. The lowest BCUT2D eigenvalue weighted by atomic mass is 9.81. The number of likely N-dealkylation sites (tertiary alicyclic amines) is 1. The van der Waals surface area contributed by atoms with Gasteiger partial charge in [-0.1, -0.05) is 26.0 Å². The van der Waals surface area contributed by atoms with Crippen molar-refractivity contribution in [2.75, 3.05) is 6.54 Å². The van der Waals surface area contributed by atoms with E-state index in [0.717, 1.165) is 30.3 Å². The van der Waals surface area contributed by atoms with Crippen molar-refractivity contribution in [3.63, 3.8) is 0 Å². The van der Waals surface area contributed by atoms with Gasteiger partial charge < -0.3 is 20.9 Å². The molecule has 0 saturated carbocycles. The van der Waals surface area contributed by atoms with Gasteiger partial charge in [0.05, 0.1) is 29.4 Å². The Morgan fingerprint density at radius 1 is 1.22 bits per heavy atom. The fourth-order valence-electron chi connectivity index (χ4n) is 4.57. The van der Waals surface area contributed by atoms with Crippen molar-refractivity contribution < 1.29 is 14.4 Å². The summed E-state index contributed by atoms with van der Waals surface area (Å²) >= 11 is 0. The third-order valence-corrected chi connectivity index (χ3v) is 6.30. The largest absolute Gasteiger partial charge is 0.369 e. The molecule has 0 spiro atoms. The van der Waals surface area contributed by atoms with Crippen LogP contribution < -0.4 is 11.1 Å². The minimum atomic E-state index is -0.805. The molecule has 174 valence electrons. The molecule has 3 atom stereocenters. The summed E-state index contributed by atoms with van der Waals surface area (Å²) in [6.07, 6.45) is 3.46. The summed E-state index contributed by atoms with van der Waals surface area (Å²) in [5, 5.41) is 2.88. The summed E-state index contributed by atoms with van der Waals surface area (Å²) in [5.41, 5.74) is 7.40. The predicted octanol–water partition coefficient (Wildman–Crippen LogP) is 2.73. The molecular weight excluding hydrogens is 406 g/mol. The van der Waals surface area contributed by atoms with Gasteiger partial charge in [-0.05, 0) is 50.7 Å². The van der Waals surface area contributed by atoms with Crippen molar-refractivity contribution in [3.8, 4) is 0 Å². The number of primary amides is 1. The Balaban J connectivity index is 1.75. The zero-order valence-corrected chi connectivity index (χ0v) is 19.3. The maximum absolute atomic E-state index is 13.2. The molecule has 8 heteroatoms. The average molecular weight is 442 g/mol. The van der Waals surface area contributed by atoms with Crippen LogP contribution in [-0.4, -0.2) is 45.2 Å². The van der Waals surface area contributed by atoms with Crippen LogP contribution >= 0.6 is 0 Å². The van der Waals surface area contributed by atoms with Gasteiger partial charge in [0.25, 0.3) is 0 Å². The van der Waals surface area contributed by atoms with Crippen molar-refractivity contribution >= 4 is 28.8 Å². The number of H-pyrrole nitrogens is 1. The number of nitrogens with one attached hydrogen (secondary N) is 2. The third kappa shape index (κ3) is 5.87. The van der Waals surface area contributed by atoms with Crippen molar-refractivity contribution in [1.82, 2.24) is 20.2 Å². The molecule has 3 amide bonds. The molecule has 2 heterocycles. The molecule has 1 aromatic heterocycles. The Kier molecular flexibility index (Phi) is 7.88. The summed E-state index contributed by atoms with van der Waals surface area (Å²) < 4.78 is 0. The van der Waals surface area contributed by atoms with Gasteiger partial charge in [0.2, 0.25) is 17.7 Å². The first-order valence-electron chi connectivity index (χ1n) is 11.6. The highest BCUT2D eigenvalue weighted by atomic mass is 16.2. The summed E-state index contributed by atoms with van der Waals surface area (Å²) in [6, 6.07) is 7.77. The maximum atomic E-state index is 13.2. The number of hydrogen-bond donors (Lipinski definition) is 3. The molecule has 8 nitrogen and oxygen atoms in total. The van der Waals surface area contributed by atoms with Crippen LogP contribution in [0, 0.1) is 17.8 Å². The first-order valence-corrected chi connectivity index (χ1v) is 11.6. The Hall–Kier alpha value is -2.90. The first-order chi connectivity index (χ1) is 15.3. The fraction of sp³-hybridized carbons (Fsp3) is 0.583. The molecule has 32 heavy (non-hydrogen) atoms. The zero-order valence-electron chi connectivity index (χ0n) is 19.3. The molecule has 1 aromatic carbocycles. The van der Waals surface area contributed by atoms with Crippen molar-refractivity contribution in [2.45, 2.75) is 65.5 Å². The topological polar surface area (TPSA) is 121 Å². The lowest BCUT2D eigenvalue weighted by Gasteiger charge is -2.35. The fourth-order valence-corrected chi connectivity index (χ4v) is 4.57. The predicted molar refractivity (Wildman–Crippen MR) is 123 cm³/mol. The van der Waals surface area contributed by atoms with Gasteiger partial charge in [-0.3, -0.25) is 14.4 Å². The number of aromatic nitrogens is 2. The van der Waals surface area contributed by atoms with E-state index >= 15 is 0 Å². The number of aromatic amines is 1. The molecule has 1 aliphatic heterocycles. The number of nitrogens with two attached hydrogens (primary N) is 1. The van der Waals surface area contributed by atoms with E-state index in [1.165, 1.54) is 0 Å². The monoisotopic (exact) mass is 441 g/mol. The molecule has 0 bridgehead atoms. The average Bonchev–Trinajstić information content (AvgIpc) is 3.17. The Bertz CT molecular complexity index is 921. The normalized spacial score (nSPS) is 18.5. The van der Waals surface area contributed by atoms with Crippen LogP contribution in [0.25, 0.3) is 11.0 Å². The summed E-state index contributed by atoms with van der Waals surface area (Å²) in [4.78, 5) is 48.1. The number of hydrogen-bond acceptors (Lipinski definition) is 4. The number of carbonyl (C=O) groups excluding carboxylic acids is 3. The highest BCUT2D eigenvalue weighted by Crippen LogP contribution is 2.27. The van der Waals surface area contributed by atoms with Gasteiger partial charge in [-0.25, -0.2) is 4.98 Å². The van der Waals surface area contributed by atoms with E-state index in [-0.39, 0.29) is 36.7 Å². The van der Waals surface area contributed by atoms with Crippen LogP contribution in [0.15, 0.2) is 24.3 Å². The van der Waals surface area contributed by atoms with Gasteiger partial charge in [0.15, 0.2) is 0 Å². The molecule has 2 aromatic rings. The second-order valence-electron chi connectivity index (χ2n) is 9.30. The number of benzene rings is 1. The number of fused-ring (bicyclic) bond motifs is 1. The van der Waals surface area contributed by atoms with Gasteiger partial charge in [-0.2, -0.15) is 0 Å². The van der Waals surface area contributed by atoms with Crippen LogP contribution in [-0.2, 0) is 20.9 Å². The van der Waals surface area contributed by atoms with Crippen LogP contribution in [0.2, 0.25) is 0 Å². The summed E-state index contributed by atoms with van der Waals surface area (Å²) in [7, 11) is 0. The van der Waals surface area contributed by atoms with Crippen molar-refractivity contribution in [3.05, 3.63) is 30.1 Å². The van der Waals surface area contributed by atoms with E-state index in [9.17, 15) is 14.4 Å². The van der Waals surface area contributed by atoms with Crippen LogP contribution in [0.3, 0.4) is 0 Å². The van der Waals surface area contributed by atoms with Crippen LogP contribution in [0.5, 0.6) is 0 Å². The van der Waals surface area contributed by atoms with Gasteiger partial charge in [0.1, 0.15) is 5.82 Å². The SMILES string of the molecule is CC(C)CC(C(N)=O)[C@H](CC(=O)N1CCCC[C@@H]1C)C(=O)NCc1nc2ccccc2[nH]1. The van der Waals surface area contributed by atoms with E-state index < -0.39 is 17.7 Å². The molecule has 1 fully saturated rings. The van der Waals surface area contributed by atoms with Crippen LogP contribution in [0.1, 0.15) is 58.7 Å². The lowest BCUT2D eigenvalue weighted by Crippen LogP contribution is -2.47. The van der Waals surface area contributed by atoms with Crippen molar-refractivity contribution in [1.29, 1.82) is 0 Å². The molecule has 0 radical (unpaired) electrons. The van der Waals surface area contributed by atoms with Crippen molar-refractivity contribution in [2.24, 2.45) is 23.5 Å². The standard InChI is InChI=1S/C24H35N5O3/c1-15(2)12-17(23(25)31)18(13-22(30)29-11-7-6-8-16(29)3)24(32)26-14-21-27-19-9-4-5-10-20(19)28-21/h4-5,9-10,15-18H,6-8,11-14H2,1-3H3,(H2,25,31)(H,26,32)(H,27,28)/t16-,17?,18-/m0/s1. The maximum Gasteiger partial charge on any atom is 0.224 e. The summed E-state index contributed by atoms with van der Waals surface area (Å²) in [5.74, 6) is -1.68. The number of carbonyl (C=O) groups is 3. The van der Waals surface area contributed by atoms with E-state index in [1.807, 2.05) is 49.9 Å². The molecule has 1 aliphatic rings. The highest BCUT2D eigenvalue weighted by Gasteiger charge is 2.36. The molecule has 4 N–H and O–H groups in total. The number of amides is 3. The highest BCUT2D eigenvalue weighted by molar-refractivity contribution is 5.91. The molecule has 0 aliphatic carbocycles. The van der Waals surface area contributed by atoms with Crippen LogP contribution in [0.4, 0.5) is 0 Å². The Morgan fingerprint density at radius 2 is 1.97 bits per heavy atom. The number of imidazole rings is 1. The van der Waals surface area contributed by atoms with E-state index in [1.54, 1.807) is 0 Å². The minimum Gasteiger partial charge on any atom is -0.369 e. The molecule has 1 unspecified atom stereocenters. The molecular formula is C24H35N5O3. The Morgan fingerprint density at radius 3 is 2.62 bits per heavy atom. The second-order valence-corrected chi connectivity index (χ2v) is 9.30. The van der Waals surface area contributed by atoms with Gasteiger partial charge >= 0.3 is 0 Å². The van der Waals surface area contributed by atoms with Gasteiger partial charge in [-0.15, -0.1) is 0 Å².